The summed E-state index contributed by atoms with van der Waals surface area (Å²) < 4.78 is 4.73. The maximum Gasteiger partial charge on any atom is 0.309 e. The van der Waals surface area contributed by atoms with Crippen molar-refractivity contribution in [3.8, 4) is 0 Å². The van der Waals surface area contributed by atoms with Gasteiger partial charge in [-0.25, -0.2) is 0 Å². The molecule has 82 valence electrons. The molecule has 0 saturated heterocycles. The molecule has 0 aliphatic rings. The van der Waals surface area contributed by atoms with Crippen molar-refractivity contribution >= 4 is 33.3 Å². The molecule has 0 bridgehead atoms. The van der Waals surface area contributed by atoms with Gasteiger partial charge < -0.3 is 5.11 Å². The van der Waals surface area contributed by atoms with Crippen molar-refractivity contribution in [2.24, 2.45) is 0 Å². The zero-order chi connectivity index (χ0) is 11.7. The number of fused-ring (bicyclic) bond motifs is 1. The van der Waals surface area contributed by atoms with Crippen LogP contribution in [0.1, 0.15) is 5.69 Å². The molecule has 2 rings (SSSR count). The zero-order valence-corrected chi connectivity index (χ0v) is 8.73. The van der Waals surface area contributed by atoms with E-state index in [2.05, 4.69) is 4.37 Å². The second-order valence-electron chi connectivity index (χ2n) is 3.14. The van der Waals surface area contributed by atoms with E-state index in [9.17, 15) is 14.9 Å². The van der Waals surface area contributed by atoms with E-state index in [-0.39, 0.29) is 12.1 Å². The first-order valence-corrected chi connectivity index (χ1v) is 5.10. The number of hydrogen-bond donors (Lipinski definition) is 1. The summed E-state index contributed by atoms with van der Waals surface area (Å²) in [4.78, 5) is 20.6. The number of carboxylic acids is 1. The third-order valence-electron chi connectivity index (χ3n) is 2.06. The summed E-state index contributed by atoms with van der Waals surface area (Å²) in [6, 6.07) is 4.32. The third kappa shape index (κ3) is 1.84. The van der Waals surface area contributed by atoms with Crippen molar-refractivity contribution in [2.45, 2.75) is 6.42 Å². The number of hydrogen-bond acceptors (Lipinski definition) is 5. The number of nitro groups is 1. The largest absolute Gasteiger partial charge is 0.481 e. The monoisotopic (exact) mass is 238 g/mol. The fraction of sp³-hybridized carbons (Fsp3) is 0.111. The van der Waals surface area contributed by atoms with Gasteiger partial charge in [-0.1, -0.05) is 0 Å². The quantitative estimate of drug-likeness (QED) is 0.650. The highest BCUT2D eigenvalue weighted by Crippen LogP contribution is 2.27. The minimum atomic E-state index is -1.00. The van der Waals surface area contributed by atoms with Gasteiger partial charge in [0.1, 0.15) is 0 Å². The van der Waals surface area contributed by atoms with E-state index in [0.717, 1.165) is 16.2 Å². The molecule has 0 saturated carbocycles. The van der Waals surface area contributed by atoms with Crippen LogP contribution in [0.2, 0.25) is 0 Å². The second kappa shape index (κ2) is 3.86. The van der Waals surface area contributed by atoms with E-state index in [1.54, 1.807) is 6.07 Å². The Morgan fingerprint density at radius 2 is 2.31 bits per heavy atom. The normalized spacial score (nSPS) is 10.5. The number of nitro benzene ring substituents is 1. The number of rotatable bonds is 3. The van der Waals surface area contributed by atoms with Gasteiger partial charge in [0.05, 0.1) is 21.7 Å². The van der Waals surface area contributed by atoms with Crippen molar-refractivity contribution < 1.29 is 14.8 Å². The first-order chi connectivity index (χ1) is 7.58. The van der Waals surface area contributed by atoms with Gasteiger partial charge in [-0.05, 0) is 17.6 Å². The Balaban J connectivity index is 2.55. The van der Waals surface area contributed by atoms with Crippen LogP contribution in [-0.2, 0) is 11.2 Å². The van der Waals surface area contributed by atoms with Crippen molar-refractivity contribution in [2.75, 3.05) is 0 Å². The molecule has 0 unspecified atom stereocenters. The molecule has 1 N–H and O–H groups in total. The Labute approximate surface area is 93.5 Å². The molecule has 7 heteroatoms. The summed E-state index contributed by atoms with van der Waals surface area (Å²) in [5.41, 5.74) is 0.315. The lowest BCUT2D eigenvalue weighted by Crippen LogP contribution is -2.00. The summed E-state index contributed by atoms with van der Waals surface area (Å²) in [5.74, 6) is -1.00. The minimum Gasteiger partial charge on any atom is -0.481 e. The van der Waals surface area contributed by atoms with E-state index in [1.165, 1.54) is 12.1 Å². The van der Waals surface area contributed by atoms with Crippen LogP contribution in [0, 0.1) is 10.1 Å². The number of benzene rings is 1. The highest BCUT2D eigenvalue weighted by Gasteiger charge is 2.13. The van der Waals surface area contributed by atoms with Gasteiger partial charge in [-0.15, -0.1) is 0 Å². The average Bonchev–Trinajstić information content (AvgIpc) is 2.60. The third-order valence-corrected chi connectivity index (χ3v) is 2.92. The molecule has 1 heterocycles. The summed E-state index contributed by atoms with van der Waals surface area (Å²) in [5, 5.41) is 19.8. The fourth-order valence-corrected chi connectivity index (χ4v) is 2.14. The van der Waals surface area contributed by atoms with Crippen molar-refractivity contribution in [1.29, 1.82) is 0 Å². The van der Waals surface area contributed by atoms with Crippen LogP contribution in [0.15, 0.2) is 18.2 Å². The Morgan fingerprint density at radius 3 is 2.94 bits per heavy atom. The maximum absolute atomic E-state index is 10.6. The average molecular weight is 238 g/mol. The van der Waals surface area contributed by atoms with E-state index in [0.29, 0.717) is 11.1 Å². The van der Waals surface area contributed by atoms with Crippen molar-refractivity contribution in [3.63, 3.8) is 0 Å². The molecule has 6 nitrogen and oxygen atoms in total. The van der Waals surface area contributed by atoms with E-state index in [1.807, 2.05) is 0 Å². The molecule has 0 spiro atoms. The molecule has 0 aliphatic carbocycles. The molecule has 0 atom stereocenters. The minimum absolute atomic E-state index is 0.0562. The van der Waals surface area contributed by atoms with Crippen LogP contribution in [0.3, 0.4) is 0 Å². The standard InChI is InChI=1S/C9H6N2O4S/c12-9(13)4-7-6-3-5(11(14)15)1-2-8(6)16-10-7/h1-3H,4H2,(H,12,13). The molecule has 1 aromatic carbocycles. The Hall–Kier alpha value is -2.02. The predicted octanol–water partition coefficient (Wildman–Crippen LogP) is 1.83. The number of aromatic nitrogens is 1. The molecule has 0 radical (unpaired) electrons. The fourth-order valence-electron chi connectivity index (χ4n) is 1.36. The van der Waals surface area contributed by atoms with Gasteiger partial charge in [0.2, 0.25) is 0 Å². The van der Waals surface area contributed by atoms with Crippen molar-refractivity contribution in [1.82, 2.24) is 4.37 Å². The molecule has 0 amide bonds. The summed E-state index contributed by atoms with van der Waals surface area (Å²) in [6.45, 7) is 0. The summed E-state index contributed by atoms with van der Waals surface area (Å²) in [7, 11) is 0. The van der Waals surface area contributed by atoms with Crippen LogP contribution < -0.4 is 0 Å². The van der Waals surface area contributed by atoms with Crippen LogP contribution in [-0.4, -0.2) is 20.4 Å². The van der Waals surface area contributed by atoms with Gasteiger partial charge in [0.15, 0.2) is 0 Å². The molecule has 16 heavy (non-hydrogen) atoms. The number of aliphatic carboxylic acids is 1. The smallest absolute Gasteiger partial charge is 0.309 e. The Morgan fingerprint density at radius 1 is 1.56 bits per heavy atom. The molecule has 0 aliphatic heterocycles. The first kappa shape index (κ1) is 10.5. The predicted molar refractivity (Wildman–Crippen MR) is 57.6 cm³/mol. The number of carboxylic acid groups (broad SMARTS) is 1. The second-order valence-corrected chi connectivity index (χ2v) is 3.94. The Bertz CT molecular complexity index is 578. The summed E-state index contributed by atoms with van der Waals surface area (Å²) >= 11 is 1.14. The van der Waals surface area contributed by atoms with Crippen LogP contribution >= 0.6 is 11.5 Å². The van der Waals surface area contributed by atoms with Crippen LogP contribution in [0.25, 0.3) is 10.1 Å². The van der Waals surface area contributed by atoms with Gasteiger partial charge in [-0.3, -0.25) is 14.9 Å². The number of carbonyl (C=O) groups is 1. The topological polar surface area (TPSA) is 93.3 Å². The van der Waals surface area contributed by atoms with Gasteiger partial charge in [0.25, 0.3) is 5.69 Å². The van der Waals surface area contributed by atoms with Crippen molar-refractivity contribution in [3.05, 3.63) is 34.0 Å². The molecule has 2 aromatic rings. The molecule has 1 aromatic heterocycles. The van der Waals surface area contributed by atoms with Gasteiger partial charge in [-0.2, -0.15) is 4.37 Å². The lowest BCUT2D eigenvalue weighted by atomic mass is 10.1. The lowest BCUT2D eigenvalue weighted by molar-refractivity contribution is -0.384. The maximum atomic E-state index is 10.6. The zero-order valence-electron chi connectivity index (χ0n) is 7.91. The van der Waals surface area contributed by atoms with Gasteiger partial charge in [0, 0.05) is 17.5 Å². The molecule has 0 fully saturated rings. The summed E-state index contributed by atoms with van der Waals surface area (Å²) in [6.07, 6.45) is -0.221. The lowest BCUT2D eigenvalue weighted by Gasteiger charge is -1.93. The van der Waals surface area contributed by atoms with E-state index >= 15 is 0 Å². The van der Waals surface area contributed by atoms with E-state index < -0.39 is 10.9 Å². The highest BCUT2D eigenvalue weighted by molar-refractivity contribution is 7.13. The Kier molecular flexibility index (Phi) is 2.53. The SMILES string of the molecule is O=C(O)Cc1nsc2ccc([N+](=O)[O-])cc12. The number of nitrogens with zero attached hydrogens (tertiary/aromatic N) is 2. The van der Waals surface area contributed by atoms with Crippen LogP contribution in [0.5, 0.6) is 0 Å². The van der Waals surface area contributed by atoms with Gasteiger partial charge >= 0.3 is 5.97 Å². The molecular weight excluding hydrogens is 232 g/mol. The first-order valence-electron chi connectivity index (χ1n) is 4.32. The molecular formula is C9H6N2O4S. The van der Waals surface area contributed by atoms with E-state index in [4.69, 9.17) is 5.11 Å². The number of non-ortho nitro benzene ring substituents is 1. The highest BCUT2D eigenvalue weighted by atomic mass is 32.1. The van der Waals surface area contributed by atoms with Crippen LogP contribution in [0.4, 0.5) is 5.69 Å².